The van der Waals surface area contributed by atoms with Gasteiger partial charge in [0.2, 0.25) is 0 Å². The molecular formula is C17H28N2OS. The maximum atomic E-state index is 12.4. The Kier molecular flexibility index (Phi) is 6.09. The fourth-order valence-electron chi connectivity index (χ4n) is 3.11. The van der Waals surface area contributed by atoms with Gasteiger partial charge in [0.25, 0.3) is 5.91 Å². The molecule has 0 saturated carbocycles. The van der Waals surface area contributed by atoms with E-state index >= 15 is 0 Å². The number of carbonyl (C=O) groups is 1. The molecule has 21 heavy (non-hydrogen) atoms. The van der Waals surface area contributed by atoms with Gasteiger partial charge >= 0.3 is 0 Å². The van der Waals surface area contributed by atoms with E-state index in [2.05, 4.69) is 0 Å². The molecule has 0 fully saturated rings. The van der Waals surface area contributed by atoms with Crippen LogP contribution in [0.5, 0.6) is 0 Å². The molecule has 1 aliphatic carbocycles. The number of hydrogen-bond acceptors (Lipinski definition) is 3. The number of carbonyl (C=O) groups excluding carboxylic acids is 1. The molecule has 2 N–H and O–H groups in total. The van der Waals surface area contributed by atoms with Crippen LogP contribution in [0.4, 0.5) is 5.00 Å². The first kappa shape index (κ1) is 16.3. The summed E-state index contributed by atoms with van der Waals surface area (Å²) in [6, 6.07) is 0. The second-order valence-electron chi connectivity index (χ2n) is 6.27. The Balaban J connectivity index is 2.25. The molecule has 1 amide bonds. The number of nitrogens with two attached hydrogens (primary N) is 1. The fourth-order valence-corrected chi connectivity index (χ4v) is 4.26. The smallest absolute Gasteiger partial charge is 0.256 e. The van der Waals surface area contributed by atoms with Crippen molar-refractivity contribution in [1.82, 2.24) is 4.90 Å². The normalized spacial score (nSPS) is 17.4. The molecular weight excluding hydrogens is 280 g/mol. The Hall–Kier alpha value is -1.03. The number of hydrogen-bond donors (Lipinski definition) is 1. The summed E-state index contributed by atoms with van der Waals surface area (Å²) in [6.07, 6.45) is 12.5. The Morgan fingerprint density at radius 3 is 2.05 bits per heavy atom. The van der Waals surface area contributed by atoms with Crippen molar-refractivity contribution >= 4 is 22.2 Å². The summed E-state index contributed by atoms with van der Waals surface area (Å²) in [5.41, 5.74) is 8.21. The van der Waals surface area contributed by atoms with Crippen LogP contribution in [0.3, 0.4) is 0 Å². The van der Waals surface area contributed by atoms with Crippen molar-refractivity contribution in [2.75, 3.05) is 19.8 Å². The van der Waals surface area contributed by atoms with Gasteiger partial charge in [0.15, 0.2) is 0 Å². The van der Waals surface area contributed by atoms with Gasteiger partial charge in [-0.25, -0.2) is 0 Å². The minimum atomic E-state index is 0.0668. The van der Waals surface area contributed by atoms with E-state index in [0.29, 0.717) is 5.00 Å². The predicted octanol–water partition coefficient (Wildman–Crippen LogP) is 4.25. The standard InChI is InChI=1S/C17H28N2OS/c1-19(2)17(20)15-13-11-9-7-5-3-4-6-8-10-12-14(13)21-16(15)18/h3-12,18H2,1-2H3. The summed E-state index contributed by atoms with van der Waals surface area (Å²) in [4.78, 5) is 15.4. The molecule has 0 spiro atoms. The number of nitrogen functional groups attached to an aromatic ring is 1. The van der Waals surface area contributed by atoms with Gasteiger partial charge in [-0.2, -0.15) is 0 Å². The first-order chi connectivity index (χ1) is 10.1. The van der Waals surface area contributed by atoms with Crippen molar-refractivity contribution in [2.45, 2.75) is 64.2 Å². The van der Waals surface area contributed by atoms with Crippen molar-refractivity contribution in [3.05, 3.63) is 16.0 Å². The lowest BCUT2D eigenvalue weighted by Gasteiger charge is -2.13. The molecule has 3 nitrogen and oxygen atoms in total. The lowest BCUT2D eigenvalue weighted by atomic mass is 9.97. The third-order valence-electron chi connectivity index (χ3n) is 4.32. The highest BCUT2D eigenvalue weighted by Gasteiger charge is 2.23. The van der Waals surface area contributed by atoms with E-state index in [-0.39, 0.29) is 5.91 Å². The van der Waals surface area contributed by atoms with Gasteiger partial charge in [-0.3, -0.25) is 4.79 Å². The van der Waals surface area contributed by atoms with Crippen LogP contribution in [0.2, 0.25) is 0 Å². The molecule has 1 aromatic rings. The number of rotatable bonds is 1. The lowest BCUT2D eigenvalue weighted by molar-refractivity contribution is 0.0828. The second-order valence-corrected chi connectivity index (χ2v) is 7.41. The summed E-state index contributed by atoms with van der Waals surface area (Å²) >= 11 is 1.64. The number of aryl methyl sites for hydroxylation is 1. The average molecular weight is 308 g/mol. The summed E-state index contributed by atoms with van der Waals surface area (Å²) in [6.45, 7) is 0. The van der Waals surface area contributed by atoms with Gasteiger partial charge in [-0.1, -0.05) is 38.5 Å². The highest BCUT2D eigenvalue weighted by Crippen LogP contribution is 2.34. The number of nitrogens with zero attached hydrogens (tertiary/aromatic N) is 1. The van der Waals surface area contributed by atoms with Crippen molar-refractivity contribution < 1.29 is 4.79 Å². The maximum absolute atomic E-state index is 12.4. The summed E-state index contributed by atoms with van der Waals surface area (Å²) in [5, 5.41) is 0.716. The van der Waals surface area contributed by atoms with Crippen LogP contribution >= 0.6 is 11.3 Å². The first-order valence-corrected chi connectivity index (χ1v) is 9.04. The molecule has 0 bridgehead atoms. The van der Waals surface area contributed by atoms with E-state index in [1.807, 2.05) is 0 Å². The topological polar surface area (TPSA) is 46.3 Å². The molecule has 1 aliphatic rings. The highest BCUT2D eigenvalue weighted by atomic mass is 32.1. The Morgan fingerprint density at radius 1 is 0.952 bits per heavy atom. The average Bonchev–Trinajstić information content (AvgIpc) is 2.74. The summed E-state index contributed by atoms with van der Waals surface area (Å²) < 4.78 is 0. The number of thiophene rings is 1. The number of anilines is 1. The van der Waals surface area contributed by atoms with E-state index < -0.39 is 0 Å². The van der Waals surface area contributed by atoms with Gasteiger partial charge in [0.1, 0.15) is 0 Å². The Labute approximate surface area is 132 Å². The molecule has 0 saturated heterocycles. The van der Waals surface area contributed by atoms with Crippen LogP contribution < -0.4 is 5.73 Å². The van der Waals surface area contributed by atoms with Crippen molar-refractivity contribution in [2.24, 2.45) is 0 Å². The van der Waals surface area contributed by atoms with E-state index in [1.165, 1.54) is 61.8 Å². The van der Waals surface area contributed by atoms with E-state index in [9.17, 15) is 4.79 Å². The molecule has 2 rings (SSSR count). The Bertz CT molecular complexity index is 479. The SMILES string of the molecule is CN(C)C(=O)c1c(N)sc2c1CCCCCCCCCC2. The molecule has 1 heterocycles. The van der Waals surface area contributed by atoms with Crippen molar-refractivity contribution in [3.8, 4) is 0 Å². The third-order valence-corrected chi connectivity index (χ3v) is 5.44. The van der Waals surface area contributed by atoms with Crippen LogP contribution in [0.25, 0.3) is 0 Å². The quantitative estimate of drug-likeness (QED) is 0.843. The monoisotopic (exact) mass is 308 g/mol. The minimum absolute atomic E-state index is 0.0668. The Morgan fingerprint density at radius 2 is 1.48 bits per heavy atom. The van der Waals surface area contributed by atoms with E-state index in [1.54, 1.807) is 30.3 Å². The second kappa shape index (κ2) is 7.83. The molecule has 0 atom stereocenters. The zero-order valence-corrected chi connectivity index (χ0v) is 14.2. The predicted molar refractivity (Wildman–Crippen MR) is 91.1 cm³/mol. The zero-order valence-electron chi connectivity index (χ0n) is 13.4. The van der Waals surface area contributed by atoms with Crippen LogP contribution in [-0.4, -0.2) is 24.9 Å². The van der Waals surface area contributed by atoms with Gasteiger partial charge in [0, 0.05) is 19.0 Å². The van der Waals surface area contributed by atoms with Crippen LogP contribution in [0.1, 0.15) is 72.2 Å². The van der Waals surface area contributed by atoms with Crippen LogP contribution in [0, 0.1) is 0 Å². The van der Waals surface area contributed by atoms with E-state index in [0.717, 1.165) is 18.4 Å². The minimum Gasteiger partial charge on any atom is -0.390 e. The fraction of sp³-hybridized carbons (Fsp3) is 0.706. The highest BCUT2D eigenvalue weighted by molar-refractivity contribution is 7.16. The molecule has 0 unspecified atom stereocenters. The van der Waals surface area contributed by atoms with Gasteiger partial charge in [-0.15, -0.1) is 11.3 Å². The summed E-state index contributed by atoms with van der Waals surface area (Å²) in [7, 11) is 3.61. The summed E-state index contributed by atoms with van der Waals surface area (Å²) in [5.74, 6) is 0.0668. The lowest BCUT2D eigenvalue weighted by Crippen LogP contribution is -2.23. The molecule has 1 aromatic heterocycles. The van der Waals surface area contributed by atoms with Crippen molar-refractivity contribution in [1.29, 1.82) is 0 Å². The van der Waals surface area contributed by atoms with Crippen LogP contribution in [0.15, 0.2) is 0 Å². The van der Waals surface area contributed by atoms with Gasteiger partial charge in [-0.05, 0) is 31.2 Å². The molecule has 0 aromatic carbocycles. The third kappa shape index (κ3) is 4.22. The largest absolute Gasteiger partial charge is 0.390 e. The van der Waals surface area contributed by atoms with E-state index in [4.69, 9.17) is 5.73 Å². The molecule has 0 radical (unpaired) electrons. The maximum Gasteiger partial charge on any atom is 0.256 e. The van der Waals surface area contributed by atoms with Crippen molar-refractivity contribution in [3.63, 3.8) is 0 Å². The van der Waals surface area contributed by atoms with Gasteiger partial charge in [0.05, 0.1) is 10.6 Å². The van der Waals surface area contributed by atoms with Crippen LogP contribution in [-0.2, 0) is 12.8 Å². The molecule has 0 aliphatic heterocycles. The number of amides is 1. The molecule has 4 heteroatoms. The zero-order chi connectivity index (χ0) is 15.2. The first-order valence-electron chi connectivity index (χ1n) is 8.23. The number of fused-ring (bicyclic) bond motifs is 1. The molecule has 118 valence electrons. The van der Waals surface area contributed by atoms with Gasteiger partial charge < -0.3 is 10.6 Å².